The van der Waals surface area contributed by atoms with E-state index in [1.165, 1.54) is 5.56 Å². The van der Waals surface area contributed by atoms with Gasteiger partial charge in [-0.25, -0.2) is 0 Å². The van der Waals surface area contributed by atoms with Gasteiger partial charge in [-0.2, -0.15) is 11.8 Å². The Balaban J connectivity index is 2.40. The van der Waals surface area contributed by atoms with Crippen LogP contribution in [0.4, 0.5) is 0 Å². The Labute approximate surface area is 120 Å². The van der Waals surface area contributed by atoms with E-state index in [1.807, 2.05) is 32.5 Å². The van der Waals surface area contributed by atoms with Crippen molar-refractivity contribution < 1.29 is 9.84 Å². The predicted molar refractivity (Wildman–Crippen MR) is 82.7 cm³/mol. The normalized spacial score (nSPS) is 21.9. The van der Waals surface area contributed by atoms with Gasteiger partial charge >= 0.3 is 0 Å². The molecule has 1 aromatic carbocycles. The van der Waals surface area contributed by atoms with Gasteiger partial charge in [-0.3, -0.25) is 0 Å². The monoisotopic (exact) mass is 280 g/mol. The van der Waals surface area contributed by atoms with Crippen molar-refractivity contribution >= 4 is 11.8 Å². The molecular formula is C16H24O2S. The summed E-state index contributed by atoms with van der Waals surface area (Å²) < 4.78 is 6.34. The molecule has 1 atom stereocenters. The summed E-state index contributed by atoms with van der Waals surface area (Å²) in [5.41, 5.74) is 4.17. The number of thioether (sulfide) groups is 1. The zero-order chi connectivity index (χ0) is 14.2. The van der Waals surface area contributed by atoms with Crippen LogP contribution in [0.3, 0.4) is 0 Å². The van der Waals surface area contributed by atoms with Crippen molar-refractivity contribution in [2.24, 2.45) is 0 Å². The van der Waals surface area contributed by atoms with Crippen molar-refractivity contribution in [1.29, 1.82) is 0 Å². The van der Waals surface area contributed by atoms with Gasteiger partial charge in [0.25, 0.3) is 0 Å². The molecule has 0 amide bonds. The third kappa shape index (κ3) is 2.58. The molecule has 0 bridgehead atoms. The Morgan fingerprint density at radius 2 is 1.89 bits per heavy atom. The molecule has 0 radical (unpaired) electrons. The van der Waals surface area contributed by atoms with E-state index in [0.717, 1.165) is 47.5 Å². The van der Waals surface area contributed by atoms with Crippen molar-refractivity contribution in [3.63, 3.8) is 0 Å². The van der Waals surface area contributed by atoms with E-state index in [-0.39, 0.29) is 5.60 Å². The maximum atomic E-state index is 10.2. The van der Waals surface area contributed by atoms with Crippen molar-refractivity contribution in [3.05, 3.63) is 22.3 Å². The lowest BCUT2D eigenvalue weighted by atomic mass is 9.86. The molecule has 0 saturated carbocycles. The van der Waals surface area contributed by atoms with Crippen LogP contribution in [-0.4, -0.2) is 22.7 Å². The molecular weight excluding hydrogens is 256 g/mol. The first kappa shape index (κ1) is 14.6. The Morgan fingerprint density at radius 3 is 2.53 bits per heavy atom. The molecule has 1 aliphatic heterocycles. The van der Waals surface area contributed by atoms with E-state index in [2.05, 4.69) is 13.2 Å². The van der Waals surface area contributed by atoms with Gasteiger partial charge in [0.1, 0.15) is 17.1 Å². The second kappa shape index (κ2) is 5.28. The number of phenolic OH excluding ortho intramolecular Hbond substituents is 1. The summed E-state index contributed by atoms with van der Waals surface area (Å²) >= 11 is 1.87. The number of ether oxygens (including phenoxy) is 1. The van der Waals surface area contributed by atoms with Gasteiger partial charge < -0.3 is 9.84 Å². The zero-order valence-corrected chi connectivity index (χ0v) is 13.4. The summed E-state index contributed by atoms with van der Waals surface area (Å²) in [5.74, 6) is 2.58. The molecule has 3 heteroatoms. The minimum Gasteiger partial charge on any atom is -0.507 e. The molecule has 0 aromatic heterocycles. The van der Waals surface area contributed by atoms with E-state index < -0.39 is 0 Å². The first-order valence-corrected chi connectivity index (χ1v) is 8.28. The van der Waals surface area contributed by atoms with E-state index >= 15 is 0 Å². The van der Waals surface area contributed by atoms with Gasteiger partial charge in [0.15, 0.2) is 0 Å². The topological polar surface area (TPSA) is 29.5 Å². The van der Waals surface area contributed by atoms with Gasteiger partial charge in [0.2, 0.25) is 0 Å². The minimum atomic E-state index is -0.0589. The first-order chi connectivity index (χ1) is 8.89. The molecule has 0 unspecified atom stereocenters. The summed E-state index contributed by atoms with van der Waals surface area (Å²) in [6, 6.07) is 0. The molecule has 1 heterocycles. The van der Waals surface area contributed by atoms with Crippen LogP contribution in [0.1, 0.15) is 42.0 Å². The standard InChI is InChI=1S/C16H24O2S/c1-10-11(2)15-13(12(3)14(10)17)6-7-16(4,18-15)8-9-19-5/h17H,6-9H2,1-5H3/t16-/m1/s1. The average Bonchev–Trinajstić information content (AvgIpc) is 2.40. The Bertz CT molecular complexity index is 496. The van der Waals surface area contributed by atoms with Crippen LogP contribution in [0.5, 0.6) is 11.5 Å². The van der Waals surface area contributed by atoms with Gasteiger partial charge in [-0.1, -0.05) is 0 Å². The summed E-state index contributed by atoms with van der Waals surface area (Å²) in [4.78, 5) is 0. The second-order valence-electron chi connectivity index (χ2n) is 5.83. The SMILES string of the molecule is CSCC[C@@]1(C)CCc2c(C)c(O)c(C)c(C)c2O1. The number of hydrogen-bond donors (Lipinski definition) is 1. The Hall–Kier alpha value is -0.830. The molecule has 106 valence electrons. The highest BCUT2D eigenvalue weighted by molar-refractivity contribution is 7.98. The van der Waals surface area contributed by atoms with E-state index in [1.54, 1.807) is 0 Å². The predicted octanol–water partition coefficient (Wildman–Crippen LogP) is 4.15. The number of rotatable bonds is 3. The van der Waals surface area contributed by atoms with Crippen molar-refractivity contribution in [2.45, 2.75) is 52.6 Å². The Kier molecular flexibility index (Phi) is 4.05. The average molecular weight is 280 g/mol. The molecule has 2 rings (SSSR count). The summed E-state index contributed by atoms with van der Waals surface area (Å²) in [6.45, 7) is 8.22. The maximum Gasteiger partial charge on any atom is 0.127 e. The number of hydrogen-bond acceptors (Lipinski definition) is 3. The molecule has 0 saturated heterocycles. The fraction of sp³-hybridized carbons (Fsp3) is 0.625. The maximum absolute atomic E-state index is 10.2. The van der Waals surface area contributed by atoms with Crippen molar-refractivity contribution in [3.8, 4) is 11.5 Å². The number of phenols is 1. The van der Waals surface area contributed by atoms with Crippen LogP contribution in [0.2, 0.25) is 0 Å². The quantitative estimate of drug-likeness (QED) is 0.901. The lowest BCUT2D eigenvalue weighted by Crippen LogP contribution is -2.37. The summed E-state index contributed by atoms with van der Waals surface area (Å²) in [7, 11) is 0. The lowest BCUT2D eigenvalue weighted by Gasteiger charge is -2.38. The van der Waals surface area contributed by atoms with Crippen LogP contribution in [-0.2, 0) is 6.42 Å². The highest BCUT2D eigenvalue weighted by Gasteiger charge is 2.33. The fourth-order valence-electron chi connectivity index (χ4n) is 2.79. The van der Waals surface area contributed by atoms with Gasteiger partial charge in [-0.05, 0) is 75.7 Å². The second-order valence-corrected chi connectivity index (χ2v) is 6.81. The number of benzene rings is 1. The van der Waals surface area contributed by atoms with Gasteiger partial charge in [0.05, 0.1) is 0 Å². The molecule has 2 nitrogen and oxygen atoms in total. The lowest BCUT2D eigenvalue weighted by molar-refractivity contribution is 0.0610. The molecule has 1 aromatic rings. The number of aromatic hydroxyl groups is 1. The highest BCUT2D eigenvalue weighted by atomic mass is 32.2. The van der Waals surface area contributed by atoms with Crippen LogP contribution >= 0.6 is 11.8 Å². The van der Waals surface area contributed by atoms with Crippen LogP contribution in [0.15, 0.2) is 0 Å². The molecule has 19 heavy (non-hydrogen) atoms. The summed E-state index contributed by atoms with van der Waals surface area (Å²) in [6.07, 6.45) is 5.24. The van der Waals surface area contributed by atoms with Crippen molar-refractivity contribution in [2.75, 3.05) is 12.0 Å². The van der Waals surface area contributed by atoms with E-state index in [9.17, 15) is 5.11 Å². The Morgan fingerprint density at radius 1 is 1.21 bits per heavy atom. The fourth-order valence-corrected chi connectivity index (χ4v) is 3.42. The van der Waals surface area contributed by atoms with E-state index in [0.29, 0.717) is 5.75 Å². The van der Waals surface area contributed by atoms with Crippen LogP contribution in [0.25, 0.3) is 0 Å². The highest BCUT2D eigenvalue weighted by Crippen LogP contribution is 2.44. The van der Waals surface area contributed by atoms with E-state index in [4.69, 9.17) is 4.74 Å². The zero-order valence-electron chi connectivity index (χ0n) is 12.6. The van der Waals surface area contributed by atoms with Crippen LogP contribution in [0, 0.1) is 20.8 Å². The molecule has 0 fully saturated rings. The molecule has 1 N–H and O–H groups in total. The summed E-state index contributed by atoms with van der Waals surface area (Å²) in [5, 5.41) is 10.2. The molecule has 1 aliphatic rings. The van der Waals surface area contributed by atoms with Crippen molar-refractivity contribution in [1.82, 2.24) is 0 Å². The first-order valence-electron chi connectivity index (χ1n) is 6.89. The molecule has 0 spiro atoms. The van der Waals surface area contributed by atoms with Gasteiger partial charge in [-0.15, -0.1) is 0 Å². The number of fused-ring (bicyclic) bond motifs is 1. The third-order valence-electron chi connectivity index (χ3n) is 4.43. The largest absolute Gasteiger partial charge is 0.507 e. The minimum absolute atomic E-state index is 0.0589. The van der Waals surface area contributed by atoms with Crippen LogP contribution < -0.4 is 4.74 Å². The smallest absolute Gasteiger partial charge is 0.127 e. The molecule has 0 aliphatic carbocycles. The van der Waals surface area contributed by atoms with Gasteiger partial charge in [0, 0.05) is 5.56 Å². The third-order valence-corrected chi connectivity index (χ3v) is 5.04.